The highest BCUT2D eigenvalue weighted by molar-refractivity contribution is 7.88. The van der Waals surface area contributed by atoms with E-state index >= 15 is 0 Å². The Morgan fingerprint density at radius 1 is 1.45 bits per heavy atom. The first-order valence-electron chi connectivity index (χ1n) is 7.34. The highest BCUT2D eigenvalue weighted by Gasteiger charge is 2.32. The van der Waals surface area contributed by atoms with Crippen LogP contribution in [0, 0.1) is 11.2 Å². The molecule has 124 valence electrons. The average molecular weight is 349 g/mol. The summed E-state index contributed by atoms with van der Waals surface area (Å²) in [4.78, 5) is 0. The molecule has 1 aromatic rings. The fraction of sp³-hybridized carbons (Fsp3) is 0.600. The molecule has 2 N–H and O–H groups in total. The van der Waals surface area contributed by atoms with Crippen LogP contribution in [-0.2, 0) is 15.8 Å². The summed E-state index contributed by atoms with van der Waals surface area (Å²) in [5.74, 6) is -0.760. The van der Waals surface area contributed by atoms with Gasteiger partial charge in [-0.3, -0.25) is 0 Å². The molecule has 0 spiro atoms. The molecule has 1 unspecified atom stereocenters. The second kappa shape index (κ2) is 6.83. The molecule has 0 saturated carbocycles. The smallest absolute Gasteiger partial charge is 0.215 e. The molecule has 1 aliphatic heterocycles. The normalized spacial score (nSPS) is 21.7. The molecule has 1 atom stereocenters. The monoisotopic (exact) mass is 348 g/mol. The lowest BCUT2D eigenvalue weighted by molar-refractivity contribution is 0.181. The molecule has 1 aliphatic rings. The summed E-state index contributed by atoms with van der Waals surface area (Å²) in [5.41, 5.74) is 0.523. The second-order valence-electron chi connectivity index (χ2n) is 6.45. The molecule has 7 heteroatoms. The van der Waals surface area contributed by atoms with Gasteiger partial charge >= 0.3 is 0 Å². The van der Waals surface area contributed by atoms with Crippen LogP contribution in [0.25, 0.3) is 0 Å². The number of benzene rings is 1. The maximum Gasteiger partial charge on any atom is 0.215 e. The summed E-state index contributed by atoms with van der Waals surface area (Å²) in [7, 11) is -3.48. The third-order valence-electron chi connectivity index (χ3n) is 4.18. The van der Waals surface area contributed by atoms with Gasteiger partial charge in [-0.1, -0.05) is 31.5 Å². The Bertz CT molecular complexity index is 634. The number of rotatable bonds is 5. The van der Waals surface area contributed by atoms with Crippen molar-refractivity contribution in [2.75, 3.05) is 13.1 Å². The van der Waals surface area contributed by atoms with Gasteiger partial charge in [0.1, 0.15) is 5.82 Å². The van der Waals surface area contributed by atoms with E-state index in [0.29, 0.717) is 12.1 Å². The average Bonchev–Trinajstić information content (AvgIpc) is 2.41. The van der Waals surface area contributed by atoms with Gasteiger partial charge in [0.15, 0.2) is 0 Å². The van der Waals surface area contributed by atoms with Crippen molar-refractivity contribution in [1.29, 1.82) is 0 Å². The topological polar surface area (TPSA) is 58.2 Å². The van der Waals surface area contributed by atoms with Crippen molar-refractivity contribution in [2.45, 2.75) is 38.5 Å². The van der Waals surface area contributed by atoms with Gasteiger partial charge in [0.05, 0.1) is 10.8 Å². The van der Waals surface area contributed by atoms with Crippen molar-refractivity contribution < 1.29 is 12.8 Å². The van der Waals surface area contributed by atoms with E-state index in [1.54, 1.807) is 0 Å². The van der Waals surface area contributed by atoms with Crippen molar-refractivity contribution in [2.24, 2.45) is 5.41 Å². The number of sulfonamides is 1. The van der Waals surface area contributed by atoms with Crippen LogP contribution in [0.1, 0.15) is 32.3 Å². The van der Waals surface area contributed by atoms with Crippen LogP contribution in [0.4, 0.5) is 4.39 Å². The van der Waals surface area contributed by atoms with E-state index in [1.165, 1.54) is 18.2 Å². The maximum absolute atomic E-state index is 13.1. The van der Waals surface area contributed by atoms with Crippen molar-refractivity contribution in [3.63, 3.8) is 0 Å². The minimum atomic E-state index is -3.48. The Kier molecular flexibility index (Phi) is 5.48. The molecule has 1 heterocycles. The molecule has 0 aromatic heterocycles. The summed E-state index contributed by atoms with van der Waals surface area (Å²) in [6.07, 6.45) is 2.17. The number of halogens is 2. The van der Waals surface area contributed by atoms with E-state index in [9.17, 15) is 12.8 Å². The van der Waals surface area contributed by atoms with Gasteiger partial charge in [0, 0.05) is 12.6 Å². The van der Waals surface area contributed by atoms with Crippen LogP contribution in [-0.4, -0.2) is 27.5 Å². The molecular formula is C15H22ClFN2O2S. The zero-order chi connectivity index (χ0) is 16.4. The first kappa shape index (κ1) is 17.7. The Hall–Kier alpha value is -0.690. The van der Waals surface area contributed by atoms with Gasteiger partial charge in [-0.25, -0.2) is 17.5 Å². The van der Waals surface area contributed by atoms with Crippen molar-refractivity contribution in [1.82, 2.24) is 10.0 Å². The van der Waals surface area contributed by atoms with Gasteiger partial charge in [-0.05, 0) is 42.5 Å². The highest BCUT2D eigenvalue weighted by atomic mass is 35.5. The lowest BCUT2D eigenvalue weighted by atomic mass is 9.78. The number of hydrogen-bond donors (Lipinski definition) is 2. The predicted molar refractivity (Wildman–Crippen MR) is 86.8 cm³/mol. The third-order valence-corrected chi connectivity index (χ3v) is 5.79. The van der Waals surface area contributed by atoms with Gasteiger partial charge < -0.3 is 5.32 Å². The number of piperidine rings is 1. The van der Waals surface area contributed by atoms with Crippen LogP contribution in [0.15, 0.2) is 18.2 Å². The van der Waals surface area contributed by atoms with Gasteiger partial charge in [-0.15, -0.1) is 0 Å². The van der Waals surface area contributed by atoms with Crippen molar-refractivity contribution in [3.05, 3.63) is 34.6 Å². The molecule has 0 aliphatic carbocycles. The molecule has 1 aromatic carbocycles. The first-order valence-corrected chi connectivity index (χ1v) is 9.37. The largest absolute Gasteiger partial charge is 0.312 e. The molecule has 1 saturated heterocycles. The zero-order valence-corrected chi connectivity index (χ0v) is 14.4. The van der Waals surface area contributed by atoms with Crippen LogP contribution in [0.5, 0.6) is 0 Å². The lowest BCUT2D eigenvalue weighted by Gasteiger charge is -2.39. The molecule has 1 fully saturated rings. The standard InChI is InChI=1S/C15H22ClFN2O2S/c1-15(2)6-3-7-18-14(15)9-19-22(20,21)10-11-4-5-13(17)12(16)8-11/h4-5,8,14,18-19H,3,6-7,9-10H2,1-2H3. The third kappa shape index (κ3) is 4.65. The Morgan fingerprint density at radius 3 is 2.82 bits per heavy atom. The van der Waals surface area contributed by atoms with Gasteiger partial charge in [0.25, 0.3) is 0 Å². The zero-order valence-electron chi connectivity index (χ0n) is 12.8. The van der Waals surface area contributed by atoms with E-state index in [0.717, 1.165) is 19.4 Å². The first-order chi connectivity index (χ1) is 10.2. The second-order valence-corrected chi connectivity index (χ2v) is 8.67. The minimum absolute atomic E-state index is 0.0555. The summed E-state index contributed by atoms with van der Waals surface area (Å²) in [5, 5.41) is 3.30. The molecular weight excluding hydrogens is 327 g/mol. The van der Waals surface area contributed by atoms with E-state index in [2.05, 4.69) is 23.9 Å². The fourth-order valence-electron chi connectivity index (χ4n) is 2.73. The van der Waals surface area contributed by atoms with E-state index in [4.69, 9.17) is 11.6 Å². The molecule has 4 nitrogen and oxygen atoms in total. The lowest BCUT2D eigenvalue weighted by Crippen LogP contribution is -2.52. The van der Waals surface area contributed by atoms with Gasteiger partial charge in [0.2, 0.25) is 10.0 Å². The summed E-state index contributed by atoms with van der Waals surface area (Å²) in [6.45, 7) is 5.53. The summed E-state index contributed by atoms with van der Waals surface area (Å²) < 4.78 is 40.1. The van der Waals surface area contributed by atoms with E-state index < -0.39 is 15.8 Å². The van der Waals surface area contributed by atoms with E-state index in [-0.39, 0.29) is 22.2 Å². The SMILES string of the molecule is CC1(C)CCCNC1CNS(=O)(=O)Cc1ccc(F)c(Cl)c1. The fourth-order valence-corrected chi connectivity index (χ4v) is 4.07. The Balaban J connectivity index is 1.97. The van der Waals surface area contributed by atoms with Crippen LogP contribution < -0.4 is 10.0 Å². The molecule has 0 radical (unpaired) electrons. The van der Waals surface area contributed by atoms with Crippen LogP contribution in [0.3, 0.4) is 0 Å². The van der Waals surface area contributed by atoms with Crippen LogP contribution >= 0.6 is 11.6 Å². The summed E-state index contributed by atoms with van der Waals surface area (Å²) in [6, 6.07) is 4.06. The van der Waals surface area contributed by atoms with Crippen molar-refractivity contribution >= 4 is 21.6 Å². The van der Waals surface area contributed by atoms with E-state index in [1.807, 2.05) is 0 Å². The van der Waals surface area contributed by atoms with Gasteiger partial charge in [-0.2, -0.15) is 0 Å². The molecule has 0 amide bonds. The number of nitrogens with one attached hydrogen (secondary N) is 2. The summed E-state index contributed by atoms with van der Waals surface area (Å²) >= 11 is 5.68. The van der Waals surface area contributed by atoms with Crippen molar-refractivity contribution in [3.8, 4) is 0 Å². The predicted octanol–water partition coefficient (Wildman–Crippen LogP) is 2.68. The molecule has 2 rings (SSSR count). The quantitative estimate of drug-likeness (QED) is 0.860. The molecule has 22 heavy (non-hydrogen) atoms. The Labute approximate surface area is 136 Å². The number of hydrogen-bond acceptors (Lipinski definition) is 3. The Morgan fingerprint density at radius 2 is 2.18 bits per heavy atom. The highest BCUT2D eigenvalue weighted by Crippen LogP contribution is 2.29. The maximum atomic E-state index is 13.1. The van der Waals surface area contributed by atoms with Crippen LogP contribution in [0.2, 0.25) is 5.02 Å². The molecule has 0 bridgehead atoms. The minimum Gasteiger partial charge on any atom is -0.312 e.